The molecule has 0 fully saturated rings. The van der Waals surface area contributed by atoms with Crippen molar-refractivity contribution in [2.75, 3.05) is 12.4 Å². The van der Waals surface area contributed by atoms with Crippen molar-refractivity contribution in [2.24, 2.45) is 4.99 Å². The van der Waals surface area contributed by atoms with Crippen molar-refractivity contribution in [3.05, 3.63) is 66.2 Å². The molecule has 0 radical (unpaired) electrons. The van der Waals surface area contributed by atoms with E-state index in [9.17, 15) is 9.18 Å². The number of nitrogens with zero attached hydrogens (tertiary/aromatic N) is 5. The van der Waals surface area contributed by atoms with Gasteiger partial charge in [-0.1, -0.05) is 6.07 Å². The summed E-state index contributed by atoms with van der Waals surface area (Å²) in [5, 5.41) is 6.71. The monoisotopic (exact) mass is 396 g/mol. The fourth-order valence-electron chi connectivity index (χ4n) is 2.44. The number of allylic oxidation sites excluding steroid dienone is 3. The van der Waals surface area contributed by atoms with E-state index in [1.165, 1.54) is 30.2 Å². The van der Waals surface area contributed by atoms with Gasteiger partial charge in [0.15, 0.2) is 5.65 Å². The first-order valence-corrected chi connectivity index (χ1v) is 8.33. The molecule has 0 spiro atoms. The molecular weight excluding hydrogens is 379 g/mol. The number of fused-ring (bicyclic) bond motifs is 1. The average molecular weight is 396 g/mol. The predicted octanol–water partition coefficient (Wildman–Crippen LogP) is 3.18. The van der Waals surface area contributed by atoms with Gasteiger partial charge in [-0.25, -0.2) is 13.9 Å². The zero-order chi connectivity index (χ0) is 20.8. The molecule has 3 aromatic rings. The van der Waals surface area contributed by atoms with Crippen LogP contribution in [0.15, 0.2) is 65.6 Å². The van der Waals surface area contributed by atoms with E-state index in [1.807, 2.05) is 0 Å². The second-order valence-electron chi connectivity index (χ2n) is 5.69. The SMILES string of the molecule is C=NC=C(F)C=C(C)Oc1cc(C(=O)Nc2cccc(OC)n2)c2ncnn2c1. The molecule has 3 rings (SSSR count). The molecule has 1 N–H and O–H groups in total. The number of aromatic nitrogens is 4. The number of rotatable bonds is 7. The van der Waals surface area contributed by atoms with Crippen LogP contribution >= 0.6 is 0 Å². The van der Waals surface area contributed by atoms with E-state index in [4.69, 9.17) is 9.47 Å². The molecule has 0 bridgehead atoms. The first-order valence-electron chi connectivity index (χ1n) is 8.33. The zero-order valence-electron chi connectivity index (χ0n) is 15.7. The molecule has 148 valence electrons. The van der Waals surface area contributed by atoms with Gasteiger partial charge in [0.1, 0.15) is 29.5 Å². The number of halogens is 1. The molecule has 0 aliphatic carbocycles. The summed E-state index contributed by atoms with van der Waals surface area (Å²) < 4.78 is 25.6. The minimum absolute atomic E-state index is 0.196. The maximum absolute atomic E-state index is 13.5. The summed E-state index contributed by atoms with van der Waals surface area (Å²) in [4.78, 5) is 24.4. The minimum atomic E-state index is -0.624. The summed E-state index contributed by atoms with van der Waals surface area (Å²) >= 11 is 0. The second kappa shape index (κ2) is 8.74. The molecule has 10 heteroatoms. The van der Waals surface area contributed by atoms with E-state index in [1.54, 1.807) is 25.1 Å². The first kappa shape index (κ1) is 19.7. The number of nitrogens with one attached hydrogen (secondary N) is 1. The van der Waals surface area contributed by atoms with Crippen LogP contribution < -0.4 is 14.8 Å². The molecule has 29 heavy (non-hydrogen) atoms. The summed E-state index contributed by atoms with van der Waals surface area (Å²) in [6, 6.07) is 6.45. The molecule has 0 aliphatic heterocycles. The van der Waals surface area contributed by atoms with Gasteiger partial charge in [-0.05, 0) is 25.8 Å². The van der Waals surface area contributed by atoms with Gasteiger partial charge in [-0.2, -0.15) is 10.1 Å². The van der Waals surface area contributed by atoms with Crippen LogP contribution in [-0.2, 0) is 0 Å². The van der Waals surface area contributed by atoms with E-state index in [-0.39, 0.29) is 17.1 Å². The number of hydrogen-bond acceptors (Lipinski definition) is 7. The van der Waals surface area contributed by atoms with E-state index in [0.717, 1.165) is 12.3 Å². The highest BCUT2D eigenvalue weighted by atomic mass is 19.1. The smallest absolute Gasteiger partial charge is 0.260 e. The van der Waals surface area contributed by atoms with Crippen molar-refractivity contribution < 1.29 is 18.7 Å². The maximum Gasteiger partial charge on any atom is 0.260 e. The van der Waals surface area contributed by atoms with Crippen LogP contribution in [0.3, 0.4) is 0 Å². The van der Waals surface area contributed by atoms with Crippen LogP contribution in [0.5, 0.6) is 11.6 Å². The van der Waals surface area contributed by atoms with Gasteiger partial charge < -0.3 is 14.8 Å². The Kier molecular flexibility index (Phi) is 5.93. The summed E-state index contributed by atoms with van der Waals surface area (Å²) in [6.07, 6.45) is 4.92. The molecule has 0 atom stereocenters. The Bertz CT molecular complexity index is 1120. The summed E-state index contributed by atoms with van der Waals surface area (Å²) in [7, 11) is 1.48. The third kappa shape index (κ3) is 4.80. The topological polar surface area (TPSA) is 103 Å². The van der Waals surface area contributed by atoms with Crippen molar-refractivity contribution in [2.45, 2.75) is 6.92 Å². The lowest BCUT2D eigenvalue weighted by atomic mass is 10.2. The zero-order valence-corrected chi connectivity index (χ0v) is 15.7. The second-order valence-corrected chi connectivity index (χ2v) is 5.69. The number of aliphatic imine (C=N–C) groups is 1. The Hall–Kier alpha value is -4.08. The van der Waals surface area contributed by atoms with Gasteiger partial charge in [0, 0.05) is 12.1 Å². The van der Waals surface area contributed by atoms with Gasteiger partial charge >= 0.3 is 0 Å². The summed E-state index contributed by atoms with van der Waals surface area (Å²) in [5.41, 5.74) is 0.516. The molecule has 0 saturated carbocycles. The van der Waals surface area contributed by atoms with Crippen LogP contribution in [0.25, 0.3) is 5.65 Å². The Morgan fingerprint density at radius 3 is 3.00 bits per heavy atom. The fraction of sp³-hybridized carbons (Fsp3) is 0.105. The highest BCUT2D eigenvalue weighted by Crippen LogP contribution is 2.21. The molecular formula is C19H17FN6O3. The van der Waals surface area contributed by atoms with Crippen LogP contribution in [0.4, 0.5) is 10.2 Å². The van der Waals surface area contributed by atoms with Crippen LogP contribution in [0.1, 0.15) is 17.3 Å². The lowest BCUT2D eigenvalue weighted by Gasteiger charge is -2.10. The first-order chi connectivity index (χ1) is 14.0. The van der Waals surface area contributed by atoms with Gasteiger partial charge in [-0.3, -0.25) is 9.79 Å². The van der Waals surface area contributed by atoms with E-state index < -0.39 is 11.7 Å². The normalized spacial score (nSPS) is 12.0. The standard InChI is InChI=1S/C19H17FN6O3/c1-12(7-13(20)9-21-2)29-14-8-15(18-22-11-23-26(18)10-14)19(27)25-16-5-4-6-17(24-16)28-3/h4-11H,2H2,1,3H3,(H,24,25,27). The number of hydrogen-bond donors (Lipinski definition) is 1. The molecule has 0 unspecified atom stereocenters. The van der Waals surface area contributed by atoms with Gasteiger partial charge in [0.05, 0.1) is 25.1 Å². The van der Waals surface area contributed by atoms with Crippen LogP contribution in [0, 0.1) is 0 Å². The molecule has 9 nitrogen and oxygen atoms in total. The summed E-state index contributed by atoms with van der Waals surface area (Å²) in [5.74, 6) is 0.0673. The number of pyridine rings is 2. The quantitative estimate of drug-likeness (QED) is 0.374. The number of carbonyl (C=O) groups excluding carboxylic acids is 1. The lowest BCUT2D eigenvalue weighted by Crippen LogP contribution is -2.15. The molecule has 0 aliphatic rings. The molecule has 0 saturated heterocycles. The number of methoxy groups -OCH3 is 1. The fourth-order valence-corrected chi connectivity index (χ4v) is 2.44. The van der Waals surface area contributed by atoms with Gasteiger partial charge in [0.25, 0.3) is 5.91 Å². The van der Waals surface area contributed by atoms with Crippen molar-refractivity contribution in [1.82, 2.24) is 19.6 Å². The predicted molar refractivity (Wildman–Crippen MR) is 105 cm³/mol. The number of carbonyl (C=O) groups is 1. The Balaban J connectivity index is 1.91. The molecule has 3 aromatic heterocycles. The van der Waals surface area contributed by atoms with Gasteiger partial charge in [-0.15, -0.1) is 0 Å². The minimum Gasteiger partial charge on any atom is -0.481 e. The lowest BCUT2D eigenvalue weighted by molar-refractivity contribution is 0.102. The largest absolute Gasteiger partial charge is 0.481 e. The highest BCUT2D eigenvalue weighted by molar-refractivity contribution is 6.08. The highest BCUT2D eigenvalue weighted by Gasteiger charge is 2.16. The third-order valence-corrected chi connectivity index (χ3v) is 3.60. The molecule has 1 amide bonds. The average Bonchev–Trinajstić information content (AvgIpc) is 3.16. The number of ether oxygens (including phenoxy) is 2. The van der Waals surface area contributed by atoms with Crippen molar-refractivity contribution in [3.63, 3.8) is 0 Å². The van der Waals surface area contributed by atoms with Crippen LogP contribution in [-0.4, -0.2) is 39.3 Å². The Morgan fingerprint density at radius 1 is 1.41 bits per heavy atom. The van der Waals surface area contributed by atoms with E-state index >= 15 is 0 Å². The van der Waals surface area contributed by atoms with E-state index in [0.29, 0.717) is 17.3 Å². The molecule has 0 aromatic carbocycles. The number of anilines is 1. The van der Waals surface area contributed by atoms with Crippen LogP contribution in [0.2, 0.25) is 0 Å². The summed E-state index contributed by atoms with van der Waals surface area (Å²) in [6.45, 7) is 4.74. The molecule has 3 heterocycles. The van der Waals surface area contributed by atoms with Crippen molar-refractivity contribution in [1.29, 1.82) is 0 Å². The number of amides is 1. The van der Waals surface area contributed by atoms with E-state index in [2.05, 4.69) is 32.1 Å². The third-order valence-electron chi connectivity index (χ3n) is 3.60. The Morgan fingerprint density at radius 2 is 2.24 bits per heavy atom. The van der Waals surface area contributed by atoms with Crippen molar-refractivity contribution >= 4 is 24.1 Å². The maximum atomic E-state index is 13.5. The Labute approximate surface area is 165 Å². The van der Waals surface area contributed by atoms with Crippen molar-refractivity contribution in [3.8, 4) is 11.6 Å². The van der Waals surface area contributed by atoms with Gasteiger partial charge in [0.2, 0.25) is 5.88 Å².